The summed E-state index contributed by atoms with van der Waals surface area (Å²) in [6, 6.07) is 7.15. The minimum Gasteiger partial charge on any atom is -0.335 e. The van der Waals surface area contributed by atoms with E-state index in [4.69, 9.17) is 21.0 Å². The standard InChI is InChI=1S/C7H4N4.C5H2N4/c1-2-7-10-5(3-8)6(4-9)11-7;6-1-4-5(2-7)9-3-8-4/h2H,1H2,(H,10,11);3H,(H,8,9). The molecule has 0 aliphatic carbocycles. The molecule has 0 spiro atoms. The van der Waals surface area contributed by atoms with Crippen LogP contribution in [0, 0.1) is 45.3 Å². The van der Waals surface area contributed by atoms with Crippen LogP contribution in [0.15, 0.2) is 12.9 Å². The van der Waals surface area contributed by atoms with E-state index in [0.717, 1.165) is 0 Å². The number of rotatable bonds is 1. The average molecular weight is 262 g/mol. The third kappa shape index (κ3) is 3.07. The predicted molar refractivity (Wildman–Crippen MR) is 66.1 cm³/mol. The first kappa shape index (κ1) is 14.2. The van der Waals surface area contributed by atoms with E-state index in [0.29, 0.717) is 5.82 Å². The number of imidazole rings is 2. The van der Waals surface area contributed by atoms with Crippen molar-refractivity contribution in [2.24, 2.45) is 0 Å². The molecule has 2 aromatic heterocycles. The van der Waals surface area contributed by atoms with Gasteiger partial charge in [0.05, 0.1) is 6.33 Å². The molecule has 0 radical (unpaired) electrons. The lowest BCUT2D eigenvalue weighted by molar-refractivity contribution is 1.25. The first-order valence-corrected chi connectivity index (χ1v) is 5.06. The number of H-pyrrole nitrogens is 2. The molecule has 94 valence electrons. The van der Waals surface area contributed by atoms with Gasteiger partial charge in [-0.05, 0) is 6.08 Å². The molecule has 0 saturated heterocycles. The number of hydrogen-bond acceptors (Lipinski definition) is 6. The topological polar surface area (TPSA) is 153 Å². The first-order valence-electron chi connectivity index (χ1n) is 5.06. The molecule has 0 unspecified atom stereocenters. The molecule has 2 N–H and O–H groups in total. The second kappa shape index (κ2) is 6.76. The number of aromatic amines is 2. The number of hydrogen-bond donors (Lipinski definition) is 2. The second-order valence-electron chi connectivity index (χ2n) is 3.12. The highest BCUT2D eigenvalue weighted by Crippen LogP contribution is 2.03. The van der Waals surface area contributed by atoms with E-state index in [1.54, 1.807) is 18.2 Å². The molecule has 0 atom stereocenters. The molecule has 0 amide bonds. The average Bonchev–Trinajstić information content (AvgIpc) is 3.12. The highest BCUT2D eigenvalue weighted by Gasteiger charge is 2.05. The number of nitriles is 4. The van der Waals surface area contributed by atoms with Crippen molar-refractivity contribution in [1.82, 2.24) is 19.9 Å². The van der Waals surface area contributed by atoms with Crippen molar-refractivity contribution in [3.63, 3.8) is 0 Å². The Bertz CT molecular complexity index is 721. The van der Waals surface area contributed by atoms with Gasteiger partial charge in [0.2, 0.25) is 0 Å². The number of nitrogens with one attached hydrogen (secondary N) is 2. The summed E-state index contributed by atoms with van der Waals surface area (Å²) in [4.78, 5) is 12.5. The van der Waals surface area contributed by atoms with Crippen molar-refractivity contribution in [1.29, 1.82) is 21.0 Å². The largest absolute Gasteiger partial charge is 0.335 e. The minimum atomic E-state index is 0.113. The summed E-state index contributed by atoms with van der Waals surface area (Å²) in [7, 11) is 0. The van der Waals surface area contributed by atoms with Gasteiger partial charge in [0.15, 0.2) is 22.8 Å². The Morgan fingerprint density at radius 1 is 1.00 bits per heavy atom. The van der Waals surface area contributed by atoms with Crippen molar-refractivity contribution < 1.29 is 0 Å². The Labute approximate surface area is 113 Å². The lowest BCUT2D eigenvalue weighted by Crippen LogP contribution is -1.77. The van der Waals surface area contributed by atoms with Crippen LogP contribution in [-0.2, 0) is 0 Å². The lowest BCUT2D eigenvalue weighted by Gasteiger charge is -1.75. The molecule has 0 bridgehead atoms. The monoisotopic (exact) mass is 262 g/mol. The zero-order chi connectivity index (χ0) is 15.0. The second-order valence-corrected chi connectivity index (χ2v) is 3.12. The van der Waals surface area contributed by atoms with Gasteiger partial charge in [0.1, 0.15) is 30.1 Å². The Kier molecular flexibility index (Phi) is 4.79. The first-order chi connectivity index (χ1) is 9.69. The Hall–Kier alpha value is -3.88. The van der Waals surface area contributed by atoms with E-state index in [-0.39, 0.29) is 22.8 Å². The molecule has 0 saturated carbocycles. The SMILES string of the molecule is C=Cc1nc(C#N)c(C#N)[nH]1.N#Cc1nc[nH]c1C#N. The fourth-order valence-electron chi connectivity index (χ4n) is 1.11. The minimum absolute atomic E-state index is 0.113. The molecule has 2 aromatic rings. The van der Waals surface area contributed by atoms with Gasteiger partial charge < -0.3 is 9.97 Å². The van der Waals surface area contributed by atoms with Gasteiger partial charge in [0.25, 0.3) is 0 Å². The van der Waals surface area contributed by atoms with E-state index < -0.39 is 0 Å². The van der Waals surface area contributed by atoms with Crippen LogP contribution in [-0.4, -0.2) is 19.9 Å². The highest BCUT2D eigenvalue weighted by atomic mass is 14.9. The van der Waals surface area contributed by atoms with Crippen LogP contribution in [0.1, 0.15) is 28.6 Å². The summed E-state index contributed by atoms with van der Waals surface area (Å²) in [5.41, 5.74) is 0.666. The molecule has 20 heavy (non-hydrogen) atoms. The number of nitrogens with zero attached hydrogens (tertiary/aromatic N) is 6. The zero-order valence-corrected chi connectivity index (χ0v) is 10.0. The van der Waals surface area contributed by atoms with Gasteiger partial charge >= 0.3 is 0 Å². The van der Waals surface area contributed by atoms with E-state index in [2.05, 4.69) is 26.5 Å². The van der Waals surface area contributed by atoms with Crippen LogP contribution in [0.5, 0.6) is 0 Å². The fourth-order valence-corrected chi connectivity index (χ4v) is 1.11. The van der Waals surface area contributed by atoms with Gasteiger partial charge in [-0.3, -0.25) is 0 Å². The zero-order valence-electron chi connectivity index (χ0n) is 10.0. The van der Waals surface area contributed by atoms with Crippen LogP contribution in [0.25, 0.3) is 6.08 Å². The molecular weight excluding hydrogens is 256 g/mol. The van der Waals surface area contributed by atoms with Gasteiger partial charge in [-0.15, -0.1) is 0 Å². The van der Waals surface area contributed by atoms with Gasteiger partial charge in [-0.1, -0.05) is 6.58 Å². The summed E-state index contributed by atoms with van der Waals surface area (Å²) >= 11 is 0. The molecule has 0 fully saturated rings. The van der Waals surface area contributed by atoms with E-state index in [9.17, 15) is 0 Å². The quantitative estimate of drug-likeness (QED) is 0.779. The molecule has 0 aliphatic heterocycles. The van der Waals surface area contributed by atoms with E-state index >= 15 is 0 Å². The molecule has 0 aliphatic rings. The van der Waals surface area contributed by atoms with Crippen LogP contribution in [0.4, 0.5) is 0 Å². The van der Waals surface area contributed by atoms with Gasteiger partial charge in [-0.25, -0.2) is 9.97 Å². The van der Waals surface area contributed by atoms with E-state index in [1.165, 1.54) is 12.4 Å². The molecular formula is C12H6N8. The summed E-state index contributed by atoms with van der Waals surface area (Å²) in [6.07, 6.45) is 2.76. The summed E-state index contributed by atoms with van der Waals surface area (Å²) in [5.74, 6) is 0.443. The third-order valence-electron chi connectivity index (χ3n) is 1.99. The fraction of sp³-hybridized carbons (Fsp3) is 0. The predicted octanol–water partition coefficient (Wildman–Crippen LogP) is 0.949. The molecule has 0 aromatic carbocycles. The van der Waals surface area contributed by atoms with Gasteiger partial charge in [-0.2, -0.15) is 21.0 Å². The smallest absolute Gasteiger partial charge is 0.177 e. The summed E-state index contributed by atoms with van der Waals surface area (Å²) < 4.78 is 0. The van der Waals surface area contributed by atoms with Crippen LogP contribution in [0.3, 0.4) is 0 Å². The van der Waals surface area contributed by atoms with Crippen LogP contribution >= 0.6 is 0 Å². The van der Waals surface area contributed by atoms with E-state index in [1.807, 2.05) is 6.07 Å². The van der Waals surface area contributed by atoms with Crippen molar-refractivity contribution in [3.05, 3.63) is 41.5 Å². The molecule has 8 nitrogen and oxygen atoms in total. The molecule has 2 rings (SSSR count). The van der Waals surface area contributed by atoms with Crippen LogP contribution in [0.2, 0.25) is 0 Å². The van der Waals surface area contributed by atoms with Crippen molar-refractivity contribution in [2.75, 3.05) is 0 Å². The van der Waals surface area contributed by atoms with Crippen molar-refractivity contribution >= 4 is 6.08 Å². The Morgan fingerprint density at radius 3 is 2.05 bits per heavy atom. The maximum absolute atomic E-state index is 8.45. The number of aromatic nitrogens is 4. The summed E-state index contributed by atoms with van der Waals surface area (Å²) in [5, 5.41) is 33.4. The molecule has 2 heterocycles. The highest BCUT2D eigenvalue weighted by molar-refractivity contribution is 5.45. The normalized spacial score (nSPS) is 8.00. The third-order valence-corrected chi connectivity index (χ3v) is 1.99. The maximum atomic E-state index is 8.45. The van der Waals surface area contributed by atoms with Gasteiger partial charge in [0, 0.05) is 0 Å². The van der Waals surface area contributed by atoms with Crippen molar-refractivity contribution in [2.45, 2.75) is 0 Å². The summed E-state index contributed by atoms with van der Waals surface area (Å²) in [6.45, 7) is 3.44. The van der Waals surface area contributed by atoms with Crippen LogP contribution < -0.4 is 0 Å². The maximum Gasteiger partial charge on any atom is 0.177 e. The molecule has 8 heteroatoms. The lowest BCUT2D eigenvalue weighted by atomic mass is 10.4. The Balaban J connectivity index is 0.000000204. The van der Waals surface area contributed by atoms with Crippen molar-refractivity contribution in [3.8, 4) is 24.3 Å². The Morgan fingerprint density at radius 2 is 1.65 bits per heavy atom.